The monoisotopic (exact) mass is 433 g/mol. The largest absolute Gasteiger partial charge is 0.493 e. The highest BCUT2D eigenvalue weighted by molar-refractivity contribution is 6.31. The Bertz CT molecular complexity index is 944. The van der Waals surface area contributed by atoms with Gasteiger partial charge in [-0.1, -0.05) is 11.6 Å². The molecule has 0 spiro atoms. The van der Waals surface area contributed by atoms with E-state index >= 15 is 0 Å². The lowest BCUT2D eigenvalue weighted by atomic mass is 10.1. The van der Waals surface area contributed by atoms with Gasteiger partial charge in [0.2, 0.25) is 0 Å². The van der Waals surface area contributed by atoms with Gasteiger partial charge in [-0.25, -0.2) is 0 Å². The van der Waals surface area contributed by atoms with E-state index in [9.17, 15) is 14.9 Å². The summed E-state index contributed by atoms with van der Waals surface area (Å²) < 4.78 is 10.7. The molecular formula is C21H24ClN3O5. The average molecular weight is 434 g/mol. The number of methoxy groups -OCH3 is 1. The standard InChI is InChI=1S/C21H24ClN3O5/c1-3-30-20-12-15(18(25(27)28)13-19(20)29-2)21(26)23-16-11-14(22)7-8-17(16)24-9-5-4-6-10-24/h7-8,11-13H,3-6,9-10H2,1-2H3,(H,23,26). The Kier molecular flexibility index (Phi) is 6.99. The van der Waals surface area contributed by atoms with Crippen LogP contribution in [0.1, 0.15) is 36.5 Å². The fourth-order valence-electron chi connectivity index (χ4n) is 3.52. The van der Waals surface area contributed by atoms with Gasteiger partial charge in [-0.3, -0.25) is 14.9 Å². The fraction of sp³-hybridized carbons (Fsp3) is 0.381. The van der Waals surface area contributed by atoms with Gasteiger partial charge in [0.05, 0.1) is 36.1 Å². The van der Waals surface area contributed by atoms with Crippen LogP contribution in [0.15, 0.2) is 30.3 Å². The Morgan fingerprint density at radius 3 is 2.57 bits per heavy atom. The highest BCUT2D eigenvalue weighted by Gasteiger charge is 2.26. The number of rotatable bonds is 7. The minimum atomic E-state index is -0.620. The van der Waals surface area contributed by atoms with Crippen molar-refractivity contribution in [3.05, 3.63) is 51.0 Å². The quantitative estimate of drug-likeness (QED) is 0.493. The van der Waals surface area contributed by atoms with Crippen LogP contribution in [0.4, 0.5) is 17.1 Å². The van der Waals surface area contributed by atoms with E-state index in [4.69, 9.17) is 21.1 Å². The molecule has 1 aliphatic rings. The number of nitrogens with one attached hydrogen (secondary N) is 1. The second kappa shape index (κ2) is 9.67. The van der Waals surface area contributed by atoms with Crippen LogP contribution in [0.2, 0.25) is 5.02 Å². The molecule has 9 heteroatoms. The number of halogens is 1. The maximum atomic E-state index is 13.1. The number of nitrogens with zero attached hydrogens (tertiary/aromatic N) is 2. The molecule has 1 N–H and O–H groups in total. The number of benzene rings is 2. The van der Waals surface area contributed by atoms with Crippen molar-refractivity contribution in [1.29, 1.82) is 0 Å². The van der Waals surface area contributed by atoms with E-state index in [1.807, 2.05) is 6.07 Å². The summed E-state index contributed by atoms with van der Waals surface area (Å²) >= 11 is 6.16. The Balaban J connectivity index is 1.98. The minimum absolute atomic E-state index is 0.117. The first kappa shape index (κ1) is 21.7. The molecule has 0 aliphatic carbocycles. The molecule has 0 bridgehead atoms. The molecule has 0 saturated carbocycles. The lowest BCUT2D eigenvalue weighted by molar-refractivity contribution is -0.385. The second-order valence-electron chi connectivity index (χ2n) is 6.87. The number of hydrogen-bond acceptors (Lipinski definition) is 6. The van der Waals surface area contributed by atoms with Gasteiger partial charge in [0.1, 0.15) is 5.56 Å². The summed E-state index contributed by atoms with van der Waals surface area (Å²) in [5, 5.41) is 14.8. The zero-order valence-electron chi connectivity index (χ0n) is 16.9. The molecule has 3 rings (SSSR count). The number of carbonyl (C=O) groups is 1. The van der Waals surface area contributed by atoms with Crippen molar-refractivity contribution in [2.24, 2.45) is 0 Å². The molecule has 0 atom stereocenters. The van der Waals surface area contributed by atoms with Crippen LogP contribution < -0.4 is 19.7 Å². The van der Waals surface area contributed by atoms with E-state index in [0.717, 1.165) is 31.6 Å². The smallest absolute Gasteiger partial charge is 0.286 e. The van der Waals surface area contributed by atoms with Crippen molar-refractivity contribution in [2.45, 2.75) is 26.2 Å². The summed E-state index contributed by atoms with van der Waals surface area (Å²) in [4.78, 5) is 26.2. The SMILES string of the molecule is CCOc1cc(C(=O)Nc2cc(Cl)ccc2N2CCCCC2)c([N+](=O)[O-])cc1OC. The predicted octanol–water partition coefficient (Wildman–Crippen LogP) is 4.90. The predicted molar refractivity (Wildman–Crippen MR) is 116 cm³/mol. The molecule has 2 aromatic carbocycles. The van der Waals surface area contributed by atoms with Gasteiger partial charge >= 0.3 is 0 Å². The van der Waals surface area contributed by atoms with Crippen molar-refractivity contribution >= 4 is 34.6 Å². The number of carbonyl (C=O) groups excluding carboxylic acids is 1. The van der Waals surface area contributed by atoms with E-state index in [0.29, 0.717) is 17.3 Å². The molecule has 0 unspecified atom stereocenters. The van der Waals surface area contributed by atoms with Crippen LogP contribution in [-0.2, 0) is 0 Å². The zero-order valence-corrected chi connectivity index (χ0v) is 17.7. The van der Waals surface area contributed by atoms with E-state index in [-0.39, 0.29) is 22.7 Å². The third-order valence-corrected chi connectivity index (χ3v) is 5.16. The van der Waals surface area contributed by atoms with Gasteiger partial charge in [-0.2, -0.15) is 0 Å². The van der Waals surface area contributed by atoms with Crippen LogP contribution in [0.25, 0.3) is 0 Å². The molecule has 1 amide bonds. The molecule has 0 radical (unpaired) electrons. The summed E-state index contributed by atoms with van der Waals surface area (Å²) in [5.41, 5.74) is 0.870. The first-order chi connectivity index (χ1) is 14.4. The van der Waals surface area contributed by atoms with Crippen molar-refractivity contribution in [1.82, 2.24) is 0 Å². The molecule has 8 nitrogen and oxygen atoms in total. The summed E-state index contributed by atoms with van der Waals surface area (Å²) in [6, 6.07) is 7.81. The van der Waals surface area contributed by atoms with Gasteiger partial charge in [-0.05, 0) is 44.4 Å². The number of nitro benzene ring substituents is 1. The number of hydrogen-bond donors (Lipinski definition) is 1. The molecule has 2 aromatic rings. The van der Waals surface area contributed by atoms with Crippen molar-refractivity contribution in [2.75, 3.05) is 37.0 Å². The van der Waals surface area contributed by atoms with Crippen LogP contribution in [-0.4, -0.2) is 37.6 Å². The lowest BCUT2D eigenvalue weighted by Crippen LogP contribution is -2.30. The lowest BCUT2D eigenvalue weighted by Gasteiger charge is -2.30. The Labute approximate surface area is 179 Å². The van der Waals surface area contributed by atoms with E-state index in [1.54, 1.807) is 19.1 Å². The number of anilines is 2. The molecule has 1 saturated heterocycles. The number of nitro groups is 1. The molecule has 30 heavy (non-hydrogen) atoms. The first-order valence-electron chi connectivity index (χ1n) is 9.79. The van der Waals surface area contributed by atoms with E-state index in [1.165, 1.54) is 25.7 Å². The molecule has 0 aromatic heterocycles. The summed E-state index contributed by atoms with van der Waals surface area (Å²) in [5.74, 6) is -0.166. The molecule has 1 fully saturated rings. The van der Waals surface area contributed by atoms with Gasteiger partial charge in [0.25, 0.3) is 11.6 Å². The summed E-state index contributed by atoms with van der Waals surface area (Å²) in [7, 11) is 1.39. The summed E-state index contributed by atoms with van der Waals surface area (Å²) in [6.07, 6.45) is 3.30. The number of piperidine rings is 1. The van der Waals surface area contributed by atoms with E-state index < -0.39 is 10.8 Å². The van der Waals surface area contributed by atoms with E-state index in [2.05, 4.69) is 10.2 Å². The minimum Gasteiger partial charge on any atom is -0.493 e. The molecule has 1 heterocycles. The average Bonchev–Trinajstić information content (AvgIpc) is 2.74. The second-order valence-corrected chi connectivity index (χ2v) is 7.31. The van der Waals surface area contributed by atoms with Crippen molar-refractivity contribution < 1.29 is 19.2 Å². The van der Waals surface area contributed by atoms with Gasteiger partial charge in [-0.15, -0.1) is 0 Å². The van der Waals surface area contributed by atoms with Gasteiger partial charge in [0.15, 0.2) is 11.5 Å². The van der Waals surface area contributed by atoms with Crippen molar-refractivity contribution in [3.8, 4) is 11.5 Å². The normalized spacial score (nSPS) is 13.6. The highest BCUT2D eigenvalue weighted by atomic mass is 35.5. The fourth-order valence-corrected chi connectivity index (χ4v) is 3.69. The Morgan fingerprint density at radius 2 is 1.93 bits per heavy atom. The molecular weight excluding hydrogens is 410 g/mol. The zero-order chi connectivity index (χ0) is 21.7. The number of amides is 1. The summed E-state index contributed by atoms with van der Waals surface area (Å²) in [6.45, 7) is 3.85. The first-order valence-corrected chi connectivity index (χ1v) is 10.2. The number of ether oxygens (including phenoxy) is 2. The maximum Gasteiger partial charge on any atom is 0.286 e. The topological polar surface area (TPSA) is 93.9 Å². The van der Waals surface area contributed by atoms with Crippen LogP contribution >= 0.6 is 11.6 Å². The van der Waals surface area contributed by atoms with Crippen LogP contribution in [0.5, 0.6) is 11.5 Å². The van der Waals surface area contributed by atoms with Crippen molar-refractivity contribution in [3.63, 3.8) is 0 Å². The van der Waals surface area contributed by atoms with Gasteiger partial charge in [0, 0.05) is 24.2 Å². The third-order valence-electron chi connectivity index (χ3n) is 4.93. The Morgan fingerprint density at radius 1 is 1.20 bits per heavy atom. The van der Waals surface area contributed by atoms with Crippen LogP contribution in [0, 0.1) is 10.1 Å². The Hall–Kier alpha value is -3.00. The van der Waals surface area contributed by atoms with Gasteiger partial charge < -0.3 is 19.7 Å². The third kappa shape index (κ3) is 4.76. The van der Waals surface area contributed by atoms with Crippen LogP contribution in [0.3, 0.4) is 0 Å². The molecule has 1 aliphatic heterocycles. The maximum absolute atomic E-state index is 13.1. The highest BCUT2D eigenvalue weighted by Crippen LogP contribution is 2.36. The molecule has 160 valence electrons.